The van der Waals surface area contributed by atoms with Crippen LogP contribution in [0.2, 0.25) is 0 Å². The third-order valence-electron chi connectivity index (χ3n) is 5.26. The standard InChI is InChI=1S/C26H33NO3/c1-26(2,16-20-13-14-21-9-7-8-12-23(21)15-20)27-17-24(28)18-30-25(19-29-3)22-10-5-4-6-11-22/h4-15,24-25,27-28H,16-19H2,1-3H3/t24-,25?/m1/s1. The van der Waals surface area contributed by atoms with Crippen LogP contribution in [0.15, 0.2) is 72.8 Å². The van der Waals surface area contributed by atoms with Crippen molar-refractivity contribution in [3.63, 3.8) is 0 Å². The zero-order valence-electron chi connectivity index (χ0n) is 18.2. The average Bonchev–Trinajstić information content (AvgIpc) is 2.75. The molecule has 3 rings (SSSR count). The third kappa shape index (κ3) is 6.64. The second kappa shape index (κ2) is 10.7. The SMILES string of the molecule is COCC(OC[C@H](O)CNC(C)(C)Cc1ccc2ccccc2c1)c1ccccc1. The van der Waals surface area contributed by atoms with E-state index in [-0.39, 0.29) is 18.2 Å². The van der Waals surface area contributed by atoms with Gasteiger partial charge in [-0.3, -0.25) is 0 Å². The number of fused-ring (bicyclic) bond motifs is 1. The van der Waals surface area contributed by atoms with Gasteiger partial charge in [0.25, 0.3) is 0 Å². The van der Waals surface area contributed by atoms with Crippen molar-refractivity contribution in [1.82, 2.24) is 5.32 Å². The zero-order chi connectivity index (χ0) is 21.4. The van der Waals surface area contributed by atoms with Crippen molar-refractivity contribution >= 4 is 10.8 Å². The molecule has 30 heavy (non-hydrogen) atoms. The van der Waals surface area contributed by atoms with Crippen molar-refractivity contribution in [3.05, 3.63) is 83.9 Å². The van der Waals surface area contributed by atoms with Crippen molar-refractivity contribution in [2.24, 2.45) is 0 Å². The summed E-state index contributed by atoms with van der Waals surface area (Å²) in [4.78, 5) is 0. The molecule has 2 atom stereocenters. The fraction of sp³-hybridized carbons (Fsp3) is 0.385. The van der Waals surface area contributed by atoms with Gasteiger partial charge in [-0.05, 0) is 42.2 Å². The molecule has 0 radical (unpaired) electrons. The number of aliphatic hydroxyl groups excluding tert-OH is 1. The molecule has 4 heteroatoms. The van der Waals surface area contributed by atoms with E-state index in [1.807, 2.05) is 30.3 Å². The Balaban J connectivity index is 1.50. The van der Waals surface area contributed by atoms with Crippen molar-refractivity contribution < 1.29 is 14.6 Å². The van der Waals surface area contributed by atoms with Crippen LogP contribution in [0.5, 0.6) is 0 Å². The first-order valence-corrected chi connectivity index (χ1v) is 10.5. The summed E-state index contributed by atoms with van der Waals surface area (Å²) in [5.74, 6) is 0. The highest BCUT2D eigenvalue weighted by molar-refractivity contribution is 5.83. The molecule has 0 fully saturated rings. The van der Waals surface area contributed by atoms with E-state index in [9.17, 15) is 5.11 Å². The number of hydrogen-bond acceptors (Lipinski definition) is 4. The Morgan fingerprint density at radius 2 is 1.60 bits per heavy atom. The van der Waals surface area contributed by atoms with E-state index >= 15 is 0 Å². The van der Waals surface area contributed by atoms with E-state index < -0.39 is 6.10 Å². The van der Waals surface area contributed by atoms with E-state index in [0.717, 1.165) is 12.0 Å². The van der Waals surface area contributed by atoms with Gasteiger partial charge in [-0.25, -0.2) is 0 Å². The number of ether oxygens (including phenoxy) is 2. The molecule has 0 aliphatic carbocycles. The Morgan fingerprint density at radius 3 is 2.33 bits per heavy atom. The largest absolute Gasteiger partial charge is 0.389 e. The second-order valence-corrected chi connectivity index (χ2v) is 8.46. The van der Waals surface area contributed by atoms with Crippen molar-refractivity contribution in [2.45, 2.75) is 38.0 Å². The highest BCUT2D eigenvalue weighted by Crippen LogP contribution is 2.20. The van der Waals surface area contributed by atoms with E-state index in [1.54, 1.807) is 7.11 Å². The summed E-state index contributed by atoms with van der Waals surface area (Å²) in [6.45, 7) is 5.50. The van der Waals surface area contributed by atoms with Gasteiger partial charge in [-0.1, -0.05) is 72.8 Å². The molecule has 1 unspecified atom stereocenters. The van der Waals surface area contributed by atoms with Crippen molar-refractivity contribution in [2.75, 3.05) is 26.9 Å². The third-order valence-corrected chi connectivity index (χ3v) is 5.26. The Kier molecular flexibility index (Phi) is 8.00. The van der Waals surface area contributed by atoms with Gasteiger partial charge in [0, 0.05) is 19.2 Å². The van der Waals surface area contributed by atoms with Gasteiger partial charge in [0.15, 0.2) is 0 Å². The number of aliphatic hydroxyl groups is 1. The fourth-order valence-corrected chi connectivity index (χ4v) is 3.66. The Bertz CT molecular complexity index is 910. The summed E-state index contributed by atoms with van der Waals surface area (Å²) in [5, 5.41) is 16.5. The van der Waals surface area contributed by atoms with E-state index in [1.165, 1.54) is 16.3 Å². The van der Waals surface area contributed by atoms with Crippen LogP contribution in [-0.4, -0.2) is 43.6 Å². The normalized spacial score (nSPS) is 14.0. The lowest BCUT2D eigenvalue weighted by Gasteiger charge is -2.28. The van der Waals surface area contributed by atoms with Crippen LogP contribution < -0.4 is 5.32 Å². The minimum Gasteiger partial charge on any atom is -0.389 e. The van der Waals surface area contributed by atoms with Gasteiger partial charge >= 0.3 is 0 Å². The lowest BCUT2D eigenvalue weighted by Crippen LogP contribution is -2.46. The molecule has 0 aromatic heterocycles. The maximum absolute atomic E-state index is 10.5. The van der Waals surface area contributed by atoms with Gasteiger partial charge in [0.1, 0.15) is 6.10 Å². The lowest BCUT2D eigenvalue weighted by atomic mass is 9.93. The van der Waals surface area contributed by atoms with Crippen LogP contribution in [0.1, 0.15) is 31.1 Å². The van der Waals surface area contributed by atoms with Crippen LogP contribution >= 0.6 is 0 Å². The van der Waals surface area contributed by atoms with Gasteiger partial charge in [-0.2, -0.15) is 0 Å². The van der Waals surface area contributed by atoms with E-state index in [4.69, 9.17) is 9.47 Å². The monoisotopic (exact) mass is 407 g/mol. The number of benzene rings is 3. The molecular weight excluding hydrogens is 374 g/mol. The first-order chi connectivity index (χ1) is 14.5. The Labute approximate surface area is 179 Å². The first-order valence-electron chi connectivity index (χ1n) is 10.5. The summed E-state index contributed by atoms with van der Waals surface area (Å²) in [6, 6.07) is 25.0. The summed E-state index contributed by atoms with van der Waals surface area (Å²) < 4.78 is 11.2. The topological polar surface area (TPSA) is 50.7 Å². The van der Waals surface area contributed by atoms with E-state index in [0.29, 0.717) is 13.2 Å². The molecular formula is C26H33NO3. The minimum atomic E-state index is -0.594. The van der Waals surface area contributed by atoms with Crippen LogP contribution in [0.25, 0.3) is 10.8 Å². The zero-order valence-corrected chi connectivity index (χ0v) is 18.2. The minimum absolute atomic E-state index is 0.144. The van der Waals surface area contributed by atoms with Crippen LogP contribution in [0, 0.1) is 0 Å². The van der Waals surface area contributed by atoms with E-state index in [2.05, 4.69) is 61.6 Å². The molecule has 3 aromatic rings. The van der Waals surface area contributed by atoms with Gasteiger partial charge in [0.05, 0.1) is 19.3 Å². The highest BCUT2D eigenvalue weighted by atomic mass is 16.5. The maximum atomic E-state index is 10.5. The van der Waals surface area contributed by atoms with Crippen molar-refractivity contribution in [1.29, 1.82) is 0 Å². The maximum Gasteiger partial charge on any atom is 0.106 e. The predicted molar refractivity (Wildman–Crippen MR) is 123 cm³/mol. The smallest absolute Gasteiger partial charge is 0.106 e. The summed E-state index contributed by atoms with van der Waals surface area (Å²) >= 11 is 0. The number of β-amino-alcohol motifs (C(OH)–C–C–N with tert-alkyl or cyclic N) is 1. The average molecular weight is 408 g/mol. The molecule has 4 nitrogen and oxygen atoms in total. The highest BCUT2D eigenvalue weighted by Gasteiger charge is 2.20. The number of nitrogens with one attached hydrogen (secondary N) is 1. The summed E-state index contributed by atoms with van der Waals surface area (Å²) in [5.41, 5.74) is 2.19. The molecule has 0 bridgehead atoms. The fourth-order valence-electron chi connectivity index (χ4n) is 3.66. The first kappa shape index (κ1) is 22.4. The molecule has 0 spiro atoms. The summed E-state index contributed by atoms with van der Waals surface area (Å²) in [6.07, 6.45) is 0.0993. The van der Waals surface area contributed by atoms with Gasteiger partial charge in [0.2, 0.25) is 0 Å². The van der Waals surface area contributed by atoms with Crippen LogP contribution in [0.3, 0.4) is 0 Å². The molecule has 0 aliphatic heterocycles. The molecule has 0 saturated carbocycles. The number of hydrogen-bond donors (Lipinski definition) is 2. The molecule has 0 amide bonds. The van der Waals surface area contributed by atoms with Gasteiger partial charge in [-0.15, -0.1) is 0 Å². The Hall–Kier alpha value is -2.24. The number of rotatable bonds is 11. The molecule has 0 saturated heterocycles. The summed E-state index contributed by atoms with van der Waals surface area (Å²) in [7, 11) is 1.66. The Morgan fingerprint density at radius 1 is 0.900 bits per heavy atom. The second-order valence-electron chi connectivity index (χ2n) is 8.46. The molecule has 0 heterocycles. The number of methoxy groups -OCH3 is 1. The molecule has 0 aliphatic rings. The molecule has 2 N–H and O–H groups in total. The van der Waals surface area contributed by atoms with Crippen LogP contribution in [-0.2, 0) is 15.9 Å². The molecule has 3 aromatic carbocycles. The molecule has 160 valence electrons. The van der Waals surface area contributed by atoms with Gasteiger partial charge < -0.3 is 19.9 Å². The predicted octanol–water partition coefficient (Wildman–Crippen LogP) is 4.52. The van der Waals surface area contributed by atoms with Crippen LogP contribution in [0.4, 0.5) is 0 Å². The lowest BCUT2D eigenvalue weighted by molar-refractivity contribution is -0.0423. The quantitative estimate of drug-likeness (QED) is 0.491. The van der Waals surface area contributed by atoms with Crippen molar-refractivity contribution in [3.8, 4) is 0 Å².